The summed E-state index contributed by atoms with van der Waals surface area (Å²) in [5.41, 5.74) is 1.05. The predicted molar refractivity (Wildman–Crippen MR) is 61.1 cm³/mol. The number of aromatic nitrogens is 1. The molecule has 16 heavy (non-hydrogen) atoms. The monoisotopic (exact) mass is 222 g/mol. The standard InChI is InChI=1S/C12H18N2O2/c1-15-12(4-6-16-10-12)9-14-8-11-3-2-5-13-7-11/h2-3,5,7,14H,4,6,8-10H2,1H3. The fourth-order valence-electron chi connectivity index (χ4n) is 1.90. The van der Waals surface area contributed by atoms with E-state index in [-0.39, 0.29) is 5.60 Å². The number of pyridine rings is 1. The van der Waals surface area contributed by atoms with Crippen LogP contribution in [0.1, 0.15) is 12.0 Å². The van der Waals surface area contributed by atoms with Crippen LogP contribution in [0.2, 0.25) is 0 Å². The quantitative estimate of drug-likeness (QED) is 0.806. The first-order chi connectivity index (χ1) is 7.85. The number of methoxy groups -OCH3 is 1. The topological polar surface area (TPSA) is 43.4 Å². The molecular weight excluding hydrogens is 204 g/mol. The van der Waals surface area contributed by atoms with Crippen LogP contribution >= 0.6 is 0 Å². The van der Waals surface area contributed by atoms with Gasteiger partial charge in [0.05, 0.1) is 6.61 Å². The lowest BCUT2D eigenvalue weighted by atomic mass is 10.0. The van der Waals surface area contributed by atoms with Crippen molar-refractivity contribution in [3.05, 3.63) is 30.1 Å². The van der Waals surface area contributed by atoms with E-state index in [0.29, 0.717) is 6.61 Å². The van der Waals surface area contributed by atoms with Gasteiger partial charge in [-0.05, 0) is 11.6 Å². The zero-order valence-electron chi connectivity index (χ0n) is 9.61. The summed E-state index contributed by atoms with van der Waals surface area (Å²) in [4.78, 5) is 4.08. The molecule has 1 saturated heterocycles. The summed E-state index contributed by atoms with van der Waals surface area (Å²) in [7, 11) is 1.75. The highest BCUT2D eigenvalue weighted by Crippen LogP contribution is 2.21. The molecule has 1 unspecified atom stereocenters. The van der Waals surface area contributed by atoms with Crippen molar-refractivity contribution in [1.82, 2.24) is 10.3 Å². The molecule has 0 spiro atoms. The highest BCUT2D eigenvalue weighted by atomic mass is 16.5. The maximum Gasteiger partial charge on any atom is 0.106 e. The minimum absolute atomic E-state index is 0.137. The molecule has 1 N–H and O–H groups in total. The third kappa shape index (κ3) is 2.78. The van der Waals surface area contributed by atoms with E-state index >= 15 is 0 Å². The molecule has 2 heterocycles. The summed E-state index contributed by atoms with van der Waals surface area (Å²) in [5.74, 6) is 0. The third-order valence-corrected chi connectivity index (χ3v) is 3.00. The maximum atomic E-state index is 5.53. The van der Waals surface area contributed by atoms with Crippen molar-refractivity contribution < 1.29 is 9.47 Å². The van der Waals surface area contributed by atoms with E-state index in [4.69, 9.17) is 9.47 Å². The van der Waals surface area contributed by atoms with Crippen LogP contribution in [0.5, 0.6) is 0 Å². The van der Waals surface area contributed by atoms with Crippen molar-refractivity contribution in [3.8, 4) is 0 Å². The molecule has 1 aliphatic rings. The Balaban J connectivity index is 1.79. The number of nitrogens with zero attached hydrogens (tertiary/aromatic N) is 1. The molecule has 88 valence electrons. The first-order valence-electron chi connectivity index (χ1n) is 5.57. The number of ether oxygens (including phenoxy) is 2. The summed E-state index contributed by atoms with van der Waals surface area (Å²) < 4.78 is 10.9. The number of rotatable bonds is 5. The molecule has 1 aromatic rings. The van der Waals surface area contributed by atoms with Gasteiger partial charge in [-0.2, -0.15) is 0 Å². The molecule has 1 aliphatic heterocycles. The Hall–Kier alpha value is -0.970. The molecule has 0 radical (unpaired) electrons. The number of nitrogens with one attached hydrogen (secondary N) is 1. The van der Waals surface area contributed by atoms with Crippen LogP contribution in [-0.2, 0) is 16.0 Å². The average Bonchev–Trinajstić information content (AvgIpc) is 2.80. The van der Waals surface area contributed by atoms with Crippen molar-refractivity contribution in [1.29, 1.82) is 0 Å². The Morgan fingerprint density at radius 3 is 3.19 bits per heavy atom. The van der Waals surface area contributed by atoms with Gasteiger partial charge in [0, 0.05) is 45.6 Å². The summed E-state index contributed by atoms with van der Waals surface area (Å²) >= 11 is 0. The molecule has 0 saturated carbocycles. The lowest BCUT2D eigenvalue weighted by Crippen LogP contribution is -2.42. The van der Waals surface area contributed by atoms with Gasteiger partial charge < -0.3 is 14.8 Å². The van der Waals surface area contributed by atoms with E-state index in [2.05, 4.69) is 16.4 Å². The Labute approximate surface area is 96.0 Å². The van der Waals surface area contributed by atoms with Crippen LogP contribution in [0.4, 0.5) is 0 Å². The van der Waals surface area contributed by atoms with E-state index in [9.17, 15) is 0 Å². The summed E-state index contributed by atoms with van der Waals surface area (Å²) in [5, 5.41) is 3.39. The van der Waals surface area contributed by atoms with Crippen LogP contribution in [-0.4, -0.2) is 37.5 Å². The second kappa shape index (κ2) is 5.39. The van der Waals surface area contributed by atoms with Gasteiger partial charge in [0.1, 0.15) is 5.60 Å². The molecule has 0 amide bonds. The Bertz CT molecular complexity index is 310. The van der Waals surface area contributed by atoms with Crippen LogP contribution in [0.3, 0.4) is 0 Å². The van der Waals surface area contributed by atoms with Crippen LogP contribution in [0.15, 0.2) is 24.5 Å². The highest BCUT2D eigenvalue weighted by Gasteiger charge is 2.34. The maximum absolute atomic E-state index is 5.53. The number of hydrogen-bond acceptors (Lipinski definition) is 4. The molecule has 0 aromatic carbocycles. The summed E-state index contributed by atoms with van der Waals surface area (Å²) in [6.07, 6.45) is 4.62. The predicted octanol–water partition coefficient (Wildman–Crippen LogP) is 0.977. The largest absolute Gasteiger partial charge is 0.378 e. The van der Waals surface area contributed by atoms with Gasteiger partial charge in [-0.3, -0.25) is 4.98 Å². The third-order valence-electron chi connectivity index (χ3n) is 3.00. The first kappa shape index (κ1) is 11.5. The molecular formula is C12H18N2O2. The molecule has 1 aromatic heterocycles. The Morgan fingerprint density at radius 2 is 2.56 bits per heavy atom. The molecule has 1 fully saturated rings. The fourth-order valence-corrected chi connectivity index (χ4v) is 1.90. The van der Waals surface area contributed by atoms with Gasteiger partial charge in [-0.15, -0.1) is 0 Å². The molecule has 1 atom stereocenters. The number of hydrogen-bond donors (Lipinski definition) is 1. The van der Waals surface area contributed by atoms with Crippen molar-refractivity contribution in [2.24, 2.45) is 0 Å². The zero-order valence-corrected chi connectivity index (χ0v) is 9.61. The van der Waals surface area contributed by atoms with Crippen LogP contribution < -0.4 is 5.32 Å². The van der Waals surface area contributed by atoms with E-state index in [1.165, 1.54) is 5.56 Å². The minimum atomic E-state index is -0.137. The van der Waals surface area contributed by atoms with Gasteiger partial charge in [-0.25, -0.2) is 0 Å². The zero-order chi connectivity index (χ0) is 11.3. The van der Waals surface area contributed by atoms with Gasteiger partial charge in [0.25, 0.3) is 0 Å². The SMILES string of the molecule is COC1(CNCc2cccnc2)CCOC1. The van der Waals surface area contributed by atoms with Crippen LogP contribution in [0, 0.1) is 0 Å². The van der Waals surface area contributed by atoms with Crippen LogP contribution in [0.25, 0.3) is 0 Å². The smallest absolute Gasteiger partial charge is 0.106 e. The van der Waals surface area contributed by atoms with Gasteiger partial charge in [-0.1, -0.05) is 6.07 Å². The molecule has 4 heteroatoms. The van der Waals surface area contributed by atoms with Crippen molar-refractivity contribution in [3.63, 3.8) is 0 Å². The van der Waals surface area contributed by atoms with E-state index < -0.39 is 0 Å². The lowest BCUT2D eigenvalue weighted by molar-refractivity contribution is -0.0159. The molecule has 0 bridgehead atoms. The van der Waals surface area contributed by atoms with Gasteiger partial charge >= 0.3 is 0 Å². The Kier molecular flexibility index (Phi) is 3.88. The van der Waals surface area contributed by atoms with E-state index in [1.807, 2.05) is 12.3 Å². The second-order valence-electron chi connectivity index (χ2n) is 4.15. The van der Waals surface area contributed by atoms with Gasteiger partial charge in [0.15, 0.2) is 0 Å². The van der Waals surface area contributed by atoms with Crippen molar-refractivity contribution >= 4 is 0 Å². The molecule has 0 aliphatic carbocycles. The van der Waals surface area contributed by atoms with Crippen molar-refractivity contribution in [2.45, 2.75) is 18.6 Å². The molecule has 2 rings (SSSR count). The lowest BCUT2D eigenvalue weighted by Gasteiger charge is -2.25. The van der Waals surface area contributed by atoms with Gasteiger partial charge in [0.2, 0.25) is 0 Å². The summed E-state index contributed by atoms with van der Waals surface area (Å²) in [6, 6.07) is 4.01. The normalized spacial score (nSPS) is 24.8. The molecule has 4 nitrogen and oxygen atoms in total. The second-order valence-corrected chi connectivity index (χ2v) is 4.15. The minimum Gasteiger partial charge on any atom is -0.378 e. The fraction of sp³-hybridized carbons (Fsp3) is 0.583. The average molecular weight is 222 g/mol. The highest BCUT2D eigenvalue weighted by molar-refractivity contribution is 5.08. The van der Waals surface area contributed by atoms with Crippen molar-refractivity contribution in [2.75, 3.05) is 26.9 Å². The first-order valence-corrected chi connectivity index (χ1v) is 5.57. The summed E-state index contributed by atoms with van der Waals surface area (Å²) in [6.45, 7) is 3.11. The van der Waals surface area contributed by atoms with E-state index in [1.54, 1.807) is 13.3 Å². The van der Waals surface area contributed by atoms with E-state index in [0.717, 1.165) is 26.1 Å². The Morgan fingerprint density at radius 1 is 1.62 bits per heavy atom.